The normalized spacial score (nSPS) is 13.2. The van der Waals surface area contributed by atoms with Gasteiger partial charge in [0.25, 0.3) is 5.78 Å². The highest BCUT2D eigenvalue weighted by atomic mass is 35.5. The highest BCUT2D eigenvalue weighted by Crippen LogP contribution is 2.27. The van der Waals surface area contributed by atoms with Crippen molar-refractivity contribution in [3.05, 3.63) is 59.0 Å². The number of Topliss-reactive ketones (excluding diaryl/α,β-unsaturated/α-hetero) is 1. The van der Waals surface area contributed by atoms with E-state index in [-0.39, 0.29) is 16.5 Å². The fraction of sp³-hybridized carbons (Fsp3) is 0.0667. The molecule has 1 N–H and O–H groups in total. The topological polar surface area (TPSA) is 62.8 Å². The maximum atomic E-state index is 12.7. The van der Waals surface area contributed by atoms with Crippen molar-refractivity contribution in [1.29, 1.82) is 0 Å². The van der Waals surface area contributed by atoms with Gasteiger partial charge in [-0.25, -0.2) is 0 Å². The number of carbonyl (C=O) groups is 1. The second kappa shape index (κ2) is 6.70. The van der Waals surface area contributed by atoms with Gasteiger partial charge in [0.2, 0.25) is 0 Å². The first-order valence-electron chi connectivity index (χ1n) is 6.18. The van der Waals surface area contributed by atoms with Crippen LogP contribution in [0.4, 0.5) is 18.9 Å². The number of furan rings is 1. The van der Waals surface area contributed by atoms with Gasteiger partial charge in [-0.1, -0.05) is 23.7 Å². The molecule has 2 rings (SSSR count). The molecule has 1 aromatic heterocycles. The lowest BCUT2D eigenvalue weighted by molar-refractivity contribution is -0.165. The van der Waals surface area contributed by atoms with Crippen LogP contribution in [0.1, 0.15) is 5.76 Å². The number of benzene rings is 1. The van der Waals surface area contributed by atoms with Crippen molar-refractivity contribution in [2.75, 3.05) is 0 Å². The minimum atomic E-state index is -5.18. The molecule has 0 amide bonds. The van der Waals surface area contributed by atoms with Gasteiger partial charge in [-0.2, -0.15) is 13.2 Å². The van der Waals surface area contributed by atoms with Crippen molar-refractivity contribution in [2.45, 2.75) is 6.18 Å². The molecule has 0 fully saturated rings. The van der Waals surface area contributed by atoms with Gasteiger partial charge in [-0.15, -0.1) is 0 Å². The zero-order valence-electron chi connectivity index (χ0n) is 11.3. The number of allylic oxidation sites excluding steroid dienone is 1. The van der Waals surface area contributed by atoms with E-state index < -0.39 is 23.3 Å². The van der Waals surface area contributed by atoms with Gasteiger partial charge < -0.3 is 9.52 Å². The molecule has 0 unspecified atom stereocenters. The number of aliphatic hydroxyl groups excluding tert-OH is 1. The Balaban J connectivity index is 2.49. The molecule has 0 radical (unpaired) electrons. The summed E-state index contributed by atoms with van der Waals surface area (Å²) in [6.45, 7) is 0. The first-order chi connectivity index (χ1) is 10.8. The van der Waals surface area contributed by atoms with Gasteiger partial charge in [0.15, 0.2) is 11.5 Å². The molecule has 0 bridgehead atoms. The molecule has 1 aromatic carbocycles. The Labute approximate surface area is 133 Å². The Kier molecular flexibility index (Phi) is 4.90. The molecule has 0 aliphatic heterocycles. The second-order valence-corrected chi connectivity index (χ2v) is 4.68. The highest BCUT2D eigenvalue weighted by Gasteiger charge is 2.42. The minimum absolute atomic E-state index is 0.147. The third-order valence-corrected chi connectivity index (χ3v) is 3.02. The SMILES string of the molecule is O=C(/C(C=Nc1ccccc1Cl)=C(\O)c1ccco1)C(F)(F)F. The van der Waals surface area contributed by atoms with Crippen LogP contribution in [0.5, 0.6) is 0 Å². The quantitative estimate of drug-likeness (QED) is 0.495. The summed E-state index contributed by atoms with van der Waals surface area (Å²) in [4.78, 5) is 15.2. The van der Waals surface area contributed by atoms with Crippen LogP contribution in [0.3, 0.4) is 0 Å². The van der Waals surface area contributed by atoms with E-state index >= 15 is 0 Å². The molecule has 23 heavy (non-hydrogen) atoms. The molecular formula is C15H9ClF3NO3. The molecule has 0 aliphatic rings. The third-order valence-electron chi connectivity index (χ3n) is 2.70. The van der Waals surface area contributed by atoms with Crippen molar-refractivity contribution < 1.29 is 27.5 Å². The Hall–Kier alpha value is -2.54. The van der Waals surface area contributed by atoms with Crippen molar-refractivity contribution in [3.63, 3.8) is 0 Å². The van der Waals surface area contributed by atoms with Crippen LogP contribution >= 0.6 is 11.6 Å². The molecule has 0 saturated carbocycles. The molecule has 8 heteroatoms. The van der Waals surface area contributed by atoms with Crippen LogP contribution in [0.2, 0.25) is 5.02 Å². The highest BCUT2D eigenvalue weighted by molar-refractivity contribution is 6.33. The predicted octanol–water partition coefficient (Wildman–Crippen LogP) is 4.74. The van der Waals surface area contributed by atoms with Crippen LogP contribution in [0.25, 0.3) is 5.76 Å². The molecule has 0 spiro atoms. The molecular weight excluding hydrogens is 335 g/mol. The number of carbonyl (C=O) groups excluding carboxylic acids is 1. The smallest absolute Gasteiger partial charge is 0.455 e. The lowest BCUT2D eigenvalue weighted by atomic mass is 10.1. The van der Waals surface area contributed by atoms with E-state index in [4.69, 9.17) is 16.0 Å². The molecule has 0 aliphatic carbocycles. The van der Waals surface area contributed by atoms with Crippen LogP contribution in [-0.2, 0) is 4.79 Å². The summed E-state index contributed by atoms with van der Waals surface area (Å²) in [6, 6.07) is 8.67. The Morgan fingerprint density at radius 2 is 1.91 bits per heavy atom. The number of aliphatic hydroxyl groups is 1. The van der Waals surface area contributed by atoms with E-state index in [1.807, 2.05) is 0 Å². The number of nitrogens with zero attached hydrogens (tertiary/aromatic N) is 1. The number of hydrogen-bond acceptors (Lipinski definition) is 4. The number of alkyl halides is 3. The Morgan fingerprint density at radius 1 is 1.22 bits per heavy atom. The van der Waals surface area contributed by atoms with Crippen LogP contribution in [0.15, 0.2) is 57.6 Å². The summed E-state index contributed by atoms with van der Waals surface area (Å²) in [5.74, 6) is -3.50. The number of para-hydroxylation sites is 1. The number of halogens is 4. The van der Waals surface area contributed by atoms with Crippen molar-refractivity contribution in [1.82, 2.24) is 0 Å². The van der Waals surface area contributed by atoms with Crippen molar-refractivity contribution in [2.24, 2.45) is 4.99 Å². The summed E-state index contributed by atoms with van der Waals surface area (Å²) in [6.07, 6.45) is -3.43. The molecule has 120 valence electrons. The summed E-state index contributed by atoms with van der Waals surface area (Å²) in [5, 5.41) is 10.1. The second-order valence-electron chi connectivity index (χ2n) is 4.28. The zero-order valence-corrected chi connectivity index (χ0v) is 12.1. The van der Waals surface area contributed by atoms with Gasteiger partial charge >= 0.3 is 6.18 Å². The summed E-state index contributed by atoms with van der Waals surface area (Å²) < 4.78 is 42.9. The van der Waals surface area contributed by atoms with Crippen LogP contribution in [0, 0.1) is 0 Å². The first kappa shape index (κ1) is 16.8. The van der Waals surface area contributed by atoms with Crippen molar-refractivity contribution in [3.8, 4) is 0 Å². The number of hydrogen-bond donors (Lipinski definition) is 1. The number of aliphatic imine (C=N–C) groups is 1. The van der Waals surface area contributed by atoms with Crippen LogP contribution in [-0.4, -0.2) is 23.3 Å². The molecule has 4 nitrogen and oxygen atoms in total. The maximum Gasteiger partial charge on any atom is 0.455 e. The standard InChI is InChI=1S/C15H9ClF3NO3/c16-10-4-1-2-5-11(10)20-8-9(14(22)15(17,18)19)13(21)12-6-3-7-23-12/h1-8,21H/b13-9-,20-8?. The predicted molar refractivity (Wildman–Crippen MR) is 78.9 cm³/mol. The van der Waals surface area contributed by atoms with E-state index in [1.54, 1.807) is 12.1 Å². The van der Waals surface area contributed by atoms with Crippen molar-refractivity contribution >= 4 is 35.0 Å². The third kappa shape index (κ3) is 4.01. The van der Waals surface area contributed by atoms with E-state index in [1.165, 1.54) is 24.3 Å². The zero-order chi connectivity index (χ0) is 17.0. The van der Waals surface area contributed by atoms with Gasteiger partial charge in [0.05, 0.1) is 22.5 Å². The first-order valence-corrected chi connectivity index (χ1v) is 6.55. The average Bonchev–Trinajstić information content (AvgIpc) is 3.02. The van der Waals surface area contributed by atoms with E-state index in [0.717, 1.165) is 6.26 Å². The average molecular weight is 344 g/mol. The van der Waals surface area contributed by atoms with E-state index in [0.29, 0.717) is 6.21 Å². The minimum Gasteiger partial charge on any atom is -0.504 e. The summed E-state index contributed by atoms with van der Waals surface area (Å²) >= 11 is 5.84. The van der Waals surface area contributed by atoms with Crippen LogP contribution < -0.4 is 0 Å². The summed E-state index contributed by atoms with van der Waals surface area (Å²) in [7, 11) is 0. The molecule has 0 saturated heterocycles. The largest absolute Gasteiger partial charge is 0.504 e. The molecule has 2 aromatic rings. The lowest BCUT2D eigenvalue weighted by Crippen LogP contribution is -2.26. The Morgan fingerprint density at radius 3 is 2.48 bits per heavy atom. The maximum absolute atomic E-state index is 12.7. The summed E-state index contributed by atoms with van der Waals surface area (Å²) in [5.41, 5.74) is -0.902. The van der Waals surface area contributed by atoms with Gasteiger partial charge in [0.1, 0.15) is 0 Å². The van der Waals surface area contributed by atoms with Gasteiger partial charge in [0, 0.05) is 6.21 Å². The molecule has 0 atom stereocenters. The number of ketones is 1. The molecule has 1 heterocycles. The van der Waals surface area contributed by atoms with Gasteiger partial charge in [-0.05, 0) is 24.3 Å². The fourth-order valence-corrected chi connectivity index (χ4v) is 1.80. The Bertz CT molecular complexity index is 765. The van der Waals surface area contributed by atoms with Gasteiger partial charge in [-0.3, -0.25) is 9.79 Å². The van der Waals surface area contributed by atoms with E-state index in [2.05, 4.69) is 4.99 Å². The monoisotopic (exact) mass is 343 g/mol. The lowest BCUT2D eigenvalue weighted by Gasteiger charge is -2.07. The van der Waals surface area contributed by atoms with E-state index in [9.17, 15) is 23.1 Å². The fourth-order valence-electron chi connectivity index (χ4n) is 1.62. The number of rotatable bonds is 4.